The Morgan fingerprint density at radius 3 is 2.11 bits per heavy atom. The first kappa shape index (κ1) is 18.5. The summed E-state index contributed by atoms with van der Waals surface area (Å²) in [6.45, 7) is 6.30. The van der Waals surface area contributed by atoms with Crippen molar-refractivity contribution in [2.24, 2.45) is 0 Å². The van der Waals surface area contributed by atoms with E-state index >= 15 is 0 Å². The molecular formula is C23H23N3O. The van der Waals surface area contributed by atoms with Gasteiger partial charge >= 0.3 is 0 Å². The lowest BCUT2D eigenvalue weighted by Crippen LogP contribution is -2.03. The molecule has 0 aliphatic heterocycles. The second kappa shape index (κ2) is 7.51. The smallest absolute Gasteiger partial charge is 0.142 e. The molecule has 0 unspecified atom stereocenters. The molecule has 0 saturated carbocycles. The SMILES string of the molecule is COc1ccc(-c2nc(N)c(C#N)c(-c3ccc(C(C)C)cc3)c2C)cc1. The fourth-order valence-corrected chi connectivity index (χ4v) is 3.23. The number of ether oxygens (including phenoxy) is 1. The number of anilines is 1. The van der Waals surface area contributed by atoms with Gasteiger partial charge in [0.2, 0.25) is 0 Å². The minimum atomic E-state index is 0.247. The maximum atomic E-state index is 9.67. The molecule has 0 aliphatic rings. The van der Waals surface area contributed by atoms with E-state index in [-0.39, 0.29) is 5.82 Å². The van der Waals surface area contributed by atoms with Crippen molar-refractivity contribution < 1.29 is 4.74 Å². The summed E-state index contributed by atoms with van der Waals surface area (Å²) in [7, 11) is 1.64. The molecule has 27 heavy (non-hydrogen) atoms. The van der Waals surface area contributed by atoms with Gasteiger partial charge in [0.15, 0.2) is 0 Å². The van der Waals surface area contributed by atoms with Crippen molar-refractivity contribution in [3.8, 4) is 34.2 Å². The van der Waals surface area contributed by atoms with E-state index in [1.165, 1.54) is 5.56 Å². The number of nitriles is 1. The molecule has 3 rings (SSSR count). The molecule has 136 valence electrons. The van der Waals surface area contributed by atoms with Crippen LogP contribution in [0.2, 0.25) is 0 Å². The topological polar surface area (TPSA) is 71.9 Å². The van der Waals surface area contributed by atoms with Gasteiger partial charge in [-0.15, -0.1) is 0 Å². The Hall–Kier alpha value is -3.32. The third kappa shape index (κ3) is 3.50. The monoisotopic (exact) mass is 357 g/mol. The Kier molecular flexibility index (Phi) is 5.14. The van der Waals surface area contributed by atoms with Crippen LogP contribution in [0.4, 0.5) is 5.82 Å². The summed E-state index contributed by atoms with van der Waals surface area (Å²) >= 11 is 0. The number of hydrogen-bond donors (Lipinski definition) is 1. The summed E-state index contributed by atoms with van der Waals surface area (Å²) in [5.41, 5.74) is 12.3. The zero-order valence-electron chi connectivity index (χ0n) is 16.1. The van der Waals surface area contributed by atoms with Crippen molar-refractivity contribution in [2.45, 2.75) is 26.7 Å². The van der Waals surface area contributed by atoms with Crippen LogP contribution in [-0.2, 0) is 0 Å². The first-order valence-corrected chi connectivity index (χ1v) is 8.91. The molecule has 0 radical (unpaired) electrons. The van der Waals surface area contributed by atoms with Crippen molar-refractivity contribution in [3.63, 3.8) is 0 Å². The van der Waals surface area contributed by atoms with Gasteiger partial charge in [-0.3, -0.25) is 0 Å². The number of nitrogens with two attached hydrogens (primary N) is 1. The Balaban J connectivity index is 2.20. The molecule has 1 aromatic heterocycles. The third-order valence-electron chi connectivity index (χ3n) is 4.81. The average molecular weight is 357 g/mol. The second-order valence-corrected chi connectivity index (χ2v) is 6.84. The van der Waals surface area contributed by atoms with E-state index in [1.54, 1.807) is 7.11 Å². The molecule has 0 amide bonds. The van der Waals surface area contributed by atoms with Gasteiger partial charge in [0.05, 0.1) is 12.8 Å². The lowest BCUT2D eigenvalue weighted by atomic mass is 9.91. The Labute approximate surface area is 160 Å². The van der Waals surface area contributed by atoms with E-state index in [9.17, 15) is 5.26 Å². The van der Waals surface area contributed by atoms with Gasteiger partial charge < -0.3 is 10.5 Å². The summed E-state index contributed by atoms with van der Waals surface area (Å²) < 4.78 is 5.23. The number of nitrogen functional groups attached to an aromatic ring is 1. The van der Waals surface area contributed by atoms with E-state index in [1.807, 2.05) is 31.2 Å². The number of methoxy groups -OCH3 is 1. The third-order valence-corrected chi connectivity index (χ3v) is 4.81. The van der Waals surface area contributed by atoms with Crippen LogP contribution >= 0.6 is 0 Å². The number of rotatable bonds is 4. The highest BCUT2D eigenvalue weighted by Crippen LogP contribution is 2.36. The molecule has 0 atom stereocenters. The first-order valence-electron chi connectivity index (χ1n) is 8.91. The van der Waals surface area contributed by atoms with Gasteiger partial charge in [-0.05, 0) is 53.8 Å². The largest absolute Gasteiger partial charge is 0.497 e. The molecule has 0 bridgehead atoms. The number of aromatic nitrogens is 1. The standard InChI is InChI=1S/C23H23N3O/c1-14(2)16-5-7-17(8-6-16)21-15(3)22(26-23(25)20(21)13-24)18-9-11-19(27-4)12-10-18/h5-12,14H,1-4H3,(H2,25,26). The summed E-state index contributed by atoms with van der Waals surface area (Å²) in [6, 6.07) is 18.2. The van der Waals surface area contributed by atoms with Crippen molar-refractivity contribution >= 4 is 5.82 Å². The highest BCUT2D eigenvalue weighted by molar-refractivity contribution is 5.84. The van der Waals surface area contributed by atoms with E-state index in [0.29, 0.717) is 11.5 Å². The minimum absolute atomic E-state index is 0.247. The van der Waals surface area contributed by atoms with Crippen LogP contribution in [0.25, 0.3) is 22.4 Å². The molecular weight excluding hydrogens is 334 g/mol. The molecule has 0 spiro atoms. The lowest BCUT2D eigenvalue weighted by Gasteiger charge is -2.16. The molecule has 4 heteroatoms. The number of benzene rings is 2. The van der Waals surface area contributed by atoms with E-state index < -0.39 is 0 Å². The zero-order chi connectivity index (χ0) is 19.6. The van der Waals surface area contributed by atoms with Crippen molar-refractivity contribution in [1.82, 2.24) is 4.98 Å². The molecule has 0 aliphatic carbocycles. The van der Waals surface area contributed by atoms with E-state index in [2.05, 4.69) is 49.2 Å². The molecule has 2 N–H and O–H groups in total. The van der Waals surface area contributed by atoms with Gasteiger partial charge in [0.1, 0.15) is 23.2 Å². The molecule has 3 aromatic rings. The van der Waals surface area contributed by atoms with E-state index in [4.69, 9.17) is 10.5 Å². The maximum absolute atomic E-state index is 9.67. The summed E-state index contributed by atoms with van der Waals surface area (Å²) in [5, 5.41) is 9.67. The van der Waals surface area contributed by atoms with Crippen LogP contribution in [0.3, 0.4) is 0 Å². The summed E-state index contributed by atoms with van der Waals surface area (Å²) in [4.78, 5) is 4.52. The number of pyridine rings is 1. The number of hydrogen-bond acceptors (Lipinski definition) is 4. The van der Waals surface area contributed by atoms with Gasteiger partial charge in [0.25, 0.3) is 0 Å². The molecule has 0 saturated heterocycles. The summed E-state index contributed by atoms with van der Waals surface area (Å²) in [6.07, 6.45) is 0. The van der Waals surface area contributed by atoms with Crippen molar-refractivity contribution in [2.75, 3.05) is 12.8 Å². The normalized spacial score (nSPS) is 10.7. The predicted molar refractivity (Wildman–Crippen MR) is 110 cm³/mol. The zero-order valence-corrected chi connectivity index (χ0v) is 16.1. The number of nitrogens with zero attached hydrogens (tertiary/aromatic N) is 2. The fraction of sp³-hybridized carbons (Fsp3) is 0.217. The van der Waals surface area contributed by atoms with Crippen LogP contribution in [0.1, 0.15) is 36.5 Å². The molecule has 2 aromatic carbocycles. The van der Waals surface area contributed by atoms with Crippen LogP contribution in [0.15, 0.2) is 48.5 Å². The highest BCUT2D eigenvalue weighted by atomic mass is 16.5. The Morgan fingerprint density at radius 2 is 1.59 bits per heavy atom. The fourth-order valence-electron chi connectivity index (χ4n) is 3.23. The second-order valence-electron chi connectivity index (χ2n) is 6.84. The Morgan fingerprint density at radius 1 is 1.00 bits per heavy atom. The van der Waals surface area contributed by atoms with Crippen LogP contribution in [0.5, 0.6) is 5.75 Å². The minimum Gasteiger partial charge on any atom is -0.497 e. The van der Waals surface area contributed by atoms with Gasteiger partial charge in [0, 0.05) is 11.1 Å². The quantitative estimate of drug-likeness (QED) is 0.687. The van der Waals surface area contributed by atoms with E-state index in [0.717, 1.165) is 33.7 Å². The van der Waals surface area contributed by atoms with Gasteiger partial charge in [-0.2, -0.15) is 5.26 Å². The first-order chi connectivity index (χ1) is 13.0. The van der Waals surface area contributed by atoms with Crippen LogP contribution in [0, 0.1) is 18.3 Å². The maximum Gasteiger partial charge on any atom is 0.142 e. The van der Waals surface area contributed by atoms with Crippen LogP contribution in [-0.4, -0.2) is 12.1 Å². The van der Waals surface area contributed by atoms with Crippen molar-refractivity contribution in [3.05, 3.63) is 65.2 Å². The predicted octanol–water partition coefficient (Wildman–Crippen LogP) is 5.31. The van der Waals surface area contributed by atoms with Crippen LogP contribution < -0.4 is 10.5 Å². The van der Waals surface area contributed by atoms with Gasteiger partial charge in [-0.1, -0.05) is 38.1 Å². The van der Waals surface area contributed by atoms with Gasteiger partial charge in [-0.25, -0.2) is 4.98 Å². The average Bonchev–Trinajstić information content (AvgIpc) is 2.69. The molecule has 0 fully saturated rings. The summed E-state index contributed by atoms with van der Waals surface area (Å²) in [5.74, 6) is 1.48. The Bertz CT molecular complexity index is 998. The highest BCUT2D eigenvalue weighted by Gasteiger charge is 2.18. The molecule has 1 heterocycles. The van der Waals surface area contributed by atoms with Crippen molar-refractivity contribution in [1.29, 1.82) is 5.26 Å². The lowest BCUT2D eigenvalue weighted by molar-refractivity contribution is 0.415. The molecule has 4 nitrogen and oxygen atoms in total.